The Morgan fingerprint density at radius 1 is 1.20 bits per heavy atom. The van der Waals surface area contributed by atoms with Crippen molar-refractivity contribution < 1.29 is 22.7 Å². The van der Waals surface area contributed by atoms with Gasteiger partial charge in [0.2, 0.25) is 0 Å². The molecule has 0 saturated carbocycles. The maximum atomic E-state index is 12.6. The fourth-order valence-electron chi connectivity index (χ4n) is 1.25. The van der Waals surface area contributed by atoms with E-state index in [1.165, 1.54) is 6.07 Å². The van der Waals surface area contributed by atoms with E-state index in [0.29, 0.717) is 0 Å². The Morgan fingerprint density at radius 3 is 2.30 bits per heavy atom. The van der Waals surface area contributed by atoms with Crippen LogP contribution in [0.25, 0.3) is 0 Å². The Kier molecular flexibility index (Phi) is 4.75. The zero-order valence-electron chi connectivity index (χ0n) is 11.1. The Labute approximate surface area is 119 Å². The molecule has 1 aromatic rings. The van der Waals surface area contributed by atoms with Crippen LogP contribution in [0.4, 0.5) is 23.7 Å². The van der Waals surface area contributed by atoms with Gasteiger partial charge in [-0.1, -0.05) is 11.6 Å². The van der Waals surface area contributed by atoms with Crippen molar-refractivity contribution in [3.05, 3.63) is 28.8 Å². The number of hydrogen-bond donors (Lipinski definition) is 2. The van der Waals surface area contributed by atoms with Gasteiger partial charge < -0.3 is 4.74 Å². The molecule has 0 aromatic heterocycles. The van der Waals surface area contributed by atoms with Crippen molar-refractivity contribution >= 4 is 23.4 Å². The summed E-state index contributed by atoms with van der Waals surface area (Å²) in [7, 11) is 0. The third-order valence-corrected chi connectivity index (χ3v) is 2.15. The Bertz CT molecular complexity index is 498. The molecule has 2 N–H and O–H groups in total. The second-order valence-electron chi connectivity index (χ2n) is 4.98. The number of alkyl halides is 3. The predicted octanol–water partition coefficient (Wildman–Crippen LogP) is 4.21. The van der Waals surface area contributed by atoms with Gasteiger partial charge in [-0.25, -0.2) is 10.2 Å². The highest BCUT2D eigenvalue weighted by atomic mass is 35.5. The number of amides is 1. The molecule has 0 fully saturated rings. The molecule has 0 atom stereocenters. The van der Waals surface area contributed by atoms with Crippen LogP contribution in [0.2, 0.25) is 5.02 Å². The average Bonchev–Trinajstić information content (AvgIpc) is 2.22. The van der Waals surface area contributed by atoms with Gasteiger partial charge in [-0.3, -0.25) is 5.43 Å². The van der Waals surface area contributed by atoms with E-state index < -0.39 is 23.4 Å². The number of anilines is 1. The first-order chi connectivity index (χ1) is 8.97. The summed E-state index contributed by atoms with van der Waals surface area (Å²) < 4.78 is 42.6. The zero-order valence-corrected chi connectivity index (χ0v) is 11.8. The average molecular weight is 311 g/mol. The first-order valence-corrected chi connectivity index (χ1v) is 5.98. The quantitative estimate of drug-likeness (QED) is 0.804. The highest BCUT2D eigenvalue weighted by Crippen LogP contribution is 2.33. The minimum atomic E-state index is -4.52. The zero-order chi connectivity index (χ0) is 15.6. The maximum absolute atomic E-state index is 12.6. The summed E-state index contributed by atoms with van der Waals surface area (Å²) in [5.41, 5.74) is 2.80. The molecule has 0 spiro atoms. The molecular weight excluding hydrogens is 297 g/mol. The lowest BCUT2D eigenvalue weighted by molar-refractivity contribution is -0.137. The monoisotopic (exact) mass is 310 g/mol. The van der Waals surface area contributed by atoms with Crippen LogP contribution in [-0.2, 0) is 10.9 Å². The van der Waals surface area contributed by atoms with Crippen molar-refractivity contribution in [2.75, 3.05) is 5.43 Å². The summed E-state index contributed by atoms with van der Waals surface area (Å²) in [6.45, 7) is 4.98. The van der Waals surface area contributed by atoms with Crippen LogP contribution in [0.3, 0.4) is 0 Å². The molecule has 0 bridgehead atoms. The van der Waals surface area contributed by atoms with Crippen LogP contribution >= 0.6 is 11.6 Å². The molecule has 1 aromatic carbocycles. The van der Waals surface area contributed by atoms with Crippen molar-refractivity contribution in [2.45, 2.75) is 32.5 Å². The molecule has 0 aliphatic carbocycles. The van der Waals surface area contributed by atoms with Crippen molar-refractivity contribution in [3.63, 3.8) is 0 Å². The lowest BCUT2D eigenvalue weighted by Gasteiger charge is -2.20. The molecule has 8 heteroatoms. The van der Waals surface area contributed by atoms with Crippen LogP contribution < -0.4 is 10.9 Å². The summed E-state index contributed by atoms with van der Waals surface area (Å²) >= 11 is 5.59. The molecule has 112 valence electrons. The van der Waals surface area contributed by atoms with E-state index in [1.54, 1.807) is 20.8 Å². The summed E-state index contributed by atoms with van der Waals surface area (Å²) in [5.74, 6) is 0. The van der Waals surface area contributed by atoms with Crippen molar-refractivity contribution in [3.8, 4) is 0 Å². The van der Waals surface area contributed by atoms with Crippen molar-refractivity contribution in [1.82, 2.24) is 5.43 Å². The molecule has 0 aliphatic rings. The number of nitrogens with one attached hydrogen (secondary N) is 2. The minimum Gasteiger partial charge on any atom is -0.443 e. The number of halogens is 4. The van der Waals surface area contributed by atoms with E-state index >= 15 is 0 Å². The van der Waals surface area contributed by atoms with Gasteiger partial charge in [0, 0.05) is 5.02 Å². The lowest BCUT2D eigenvalue weighted by atomic mass is 10.2. The van der Waals surface area contributed by atoms with Gasteiger partial charge in [0.15, 0.2) is 0 Å². The highest BCUT2D eigenvalue weighted by molar-refractivity contribution is 6.30. The highest BCUT2D eigenvalue weighted by Gasteiger charge is 2.31. The van der Waals surface area contributed by atoms with Crippen LogP contribution in [0.5, 0.6) is 0 Å². The Morgan fingerprint density at radius 2 is 1.80 bits per heavy atom. The smallest absolute Gasteiger partial charge is 0.426 e. The normalized spacial score (nSPS) is 11.9. The predicted molar refractivity (Wildman–Crippen MR) is 69.4 cm³/mol. The first-order valence-electron chi connectivity index (χ1n) is 5.60. The maximum Gasteiger partial charge on any atom is 0.426 e. The van der Waals surface area contributed by atoms with E-state index in [9.17, 15) is 18.0 Å². The van der Waals surface area contributed by atoms with E-state index in [4.69, 9.17) is 16.3 Å². The Balaban J connectivity index is 2.74. The molecule has 1 rings (SSSR count). The number of hydrazine groups is 1. The molecule has 4 nitrogen and oxygen atoms in total. The summed E-state index contributed by atoms with van der Waals surface area (Å²) in [6, 6.07) is 2.86. The number of benzene rings is 1. The van der Waals surface area contributed by atoms with Crippen molar-refractivity contribution in [1.29, 1.82) is 0 Å². The number of carbonyl (C=O) groups is 1. The topological polar surface area (TPSA) is 50.4 Å². The van der Waals surface area contributed by atoms with Crippen LogP contribution in [0.1, 0.15) is 26.3 Å². The van der Waals surface area contributed by atoms with Crippen LogP contribution in [-0.4, -0.2) is 11.7 Å². The second-order valence-corrected chi connectivity index (χ2v) is 5.41. The lowest BCUT2D eigenvalue weighted by Crippen LogP contribution is -2.35. The van der Waals surface area contributed by atoms with Gasteiger partial charge in [-0.05, 0) is 39.0 Å². The van der Waals surface area contributed by atoms with Crippen LogP contribution in [0, 0.1) is 0 Å². The molecule has 0 aliphatic heterocycles. The van der Waals surface area contributed by atoms with E-state index in [-0.39, 0.29) is 10.7 Å². The van der Waals surface area contributed by atoms with Gasteiger partial charge >= 0.3 is 12.3 Å². The van der Waals surface area contributed by atoms with Gasteiger partial charge in [0.05, 0.1) is 11.3 Å². The van der Waals surface area contributed by atoms with E-state index in [1.807, 2.05) is 0 Å². The molecule has 0 heterocycles. The Hall–Kier alpha value is -1.63. The fourth-order valence-corrected chi connectivity index (χ4v) is 1.49. The van der Waals surface area contributed by atoms with E-state index in [0.717, 1.165) is 12.1 Å². The minimum absolute atomic E-state index is 0.00400. The number of hydrogen-bond acceptors (Lipinski definition) is 3. The molecule has 0 radical (unpaired) electrons. The largest absolute Gasteiger partial charge is 0.443 e. The van der Waals surface area contributed by atoms with Gasteiger partial charge in [-0.2, -0.15) is 13.2 Å². The first kappa shape index (κ1) is 16.4. The third kappa shape index (κ3) is 5.56. The summed E-state index contributed by atoms with van der Waals surface area (Å²) in [6.07, 6.45) is -5.33. The van der Waals surface area contributed by atoms with Gasteiger partial charge in [-0.15, -0.1) is 0 Å². The molecule has 0 unspecified atom stereocenters. The SMILES string of the molecule is CC(C)(C)OC(=O)NNc1cc(Cl)cc(C(F)(F)F)c1. The third-order valence-electron chi connectivity index (χ3n) is 1.93. The number of ether oxygens (including phenoxy) is 1. The van der Waals surface area contributed by atoms with E-state index in [2.05, 4.69) is 10.9 Å². The molecule has 1 amide bonds. The van der Waals surface area contributed by atoms with Crippen molar-refractivity contribution in [2.24, 2.45) is 0 Å². The van der Waals surface area contributed by atoms with Gasteiger partial charge in [0.25, 0.3) is 0 Å². The standard InChI is InChI=1S/C12H14ClF3N2O2/c1-11(2,3)20-10(19)18-17-9-5-7(12(14,15)16)4-8(13)6-9/h4-6,17H,1-3H3,(H,18,19). The number of rotatable bonds is 2. The second kappa shape index (κ2) is 5.78. The summed E-state index contributed by atoms with van der Waals surface area (Å²) in [4.78, 5) is 11.3. The molecular formula is C12H14ClF3N2O2. The van der Waals surface area contributed by atoms with Crippen LogP contribution in [0.15, 0.2) is 18.2 Å². The fraction of sp³-hybridized carbons (Fsp3) is 0.417. The number of carbonyl (C=O) groups excluding carboxylic acids is 1. The summed E-state index contributed by atoms with van der Waals surface area (Å²) in [5, 5.41) is -0.103. The molecule has 20 heavy (non-hydrogen) atoms. The molecule has 0 saturated heterocycles. The van der Waals surface area contributed by atoms with Gasteiger partial charge in [0.1, 0.15) is 5.60 Å².